The number of benzene rings is 10. The maximum absolute atomic E-state index is 6.35. The van der Waals surface area contributed by atoms with E-state index in [4.69, 9.17) is 4.42 Å². The number of anilines is 3. The van der Waals surface area contributed by atoms with Gasteiger partial charge < -0.3 is 9.32 Å². The van der Waals surface area contributed by atoms with Crippen LogP contribution in [0.5, 0.6) is 0 Å². The third-order valence-corrected chi connectivity index (χ3v) is 11.7. The van der Waals surface area contributed by atoms with E-state index in [1.807, 2.05) is 12.1 Å². The van der Waals surface area contributed by atoms with E-state index in [2.05, 4.69) is 229 Å². The number of hydrogen-bond donors (Lipinski definition) is 0. The minimum atomic E-state index is 0.872. The minimum absolute atomic E-state index is 0.872. The van der Waals surface area contributed by atoms with Crippen LogP contribution in [0.2, 0.25) is 0 Å². The van der Waals surface area contributed by atoms with E-state index in [1.54, 1.807) is 0 Å². The molecule has 11 aromatic rings. The predicted molar refractivity (Wildman–Crippen MR) is 253 cm³/mol. The largest absolute Gasteiger partial charge is 0.456 e. The molecule has 0 aliphatic carbocycles. The van der Waals surface area contributed by atoms with Crippen molar-refractivity contribution in [2.45, 2.75) is 0 Å². The Morgan fingerprint density at radius 1 is 0.267 bits per heavy atom. The van der Waals surface area contributed by atoms with Crippen molar-refractivity contribution in [1.82, 2.24) is 0 Å². The van der Waals surface area contributed by atoms with Crippen LogP contribution in [0.3, 0.4) is 0 Å². The van der Waals surface area contributed by atoms with Gasteiger partial charge in [0.05, 0.1) is 11.1 Å². The molecule has 0 aliphatic heterocycles. The summed E-state index contributed by atoms with van der Waals surface area (Å²) in [5, 5.41) is 4.63. The molecule has 0 unspecified atom stereocenters. The maximum Gasteiger partial charge on any atom is 0.137 e. The molecule has 1 heterocycles. The number of para-hydroxylation sites is 2. The Morgan fingerprint density at radius 3 is 1.30 bits per heavy atom. The lowest BCUT2D eigenvalue weighted by molar-refractivity contribution is 0.669. The zero-order chi connectivity index (χ0) is 39.8. The number of fused-ring (bicyclic) bond motifs is 4. The molecule has 11 rings (SSSR count). The van der Waals surface area contributed by atoms with Crippen molar-refractivity contribution >= 4 is 49.8 Å². The molecule has 2 heteroatoms. The van der Waals surface area contributed by atoms with E-state index in [9.17, 15) is 0 Å². The minimum Gasteiger partial charge on any atom is -0.456 e. The van der Waals surface area contributed by atoms with E-state index < -0.39 is 0 Å². The molecular formula is C58H39NO. The van der Waals surface area contributed by atoms with E-state index >= 15 is 0 Å². The zero-order valence-corrected chi connectivity index (χ0v) is 32.9. The molecule has 2 nitrogen and oxygen atoms in total. The SMILES string of the molecule is c1ccc(-c2c(-c3ccccc3)c(-c3ccccc3)c3cc(-c4ccc(N(c5ccccc5)c5cccc6oc7ccccc7c56)cc4)ccc3c2-c2ccccc2)cc1. The van der Waals surface area contributed by atoms with Gasteiger partial charge >= 0.3 is 0 Å². The van der Waals surface area contributed by atoms with Crippen LogP contribution in [-0.2, 0) is 0 Å². The average molecular weight is 766 g/mol. The highest BCUT2D eigenvalue weighted by molar-refractivity contribution is 6.19. The monoisotopic (exact) mass is 765 g/mol. The lowest BCUT2D eigenvalue weighted by atomic mass is 9.78. The fraction of sp³-hybridized carbons (Fsp3) is 0. The maximum atomic E-state index is 6.35. The van der Waals surface area contributed by atoms with Gasteiger partial charge in [-0.2, -0.15) is 0 Å². The van der Waals surface area contributed by atoms with Gasteiger partial charge in [-0.05, 0) is 115 Å². The third-order valence-electron chi connectivity index (χ3n) is 11.7. The normalized spacial score (nSPS) is 11.3. The third kappa shape index (κ3) is 6.14. The summed E-state index contributed by atoms with van der Waals surface area (Å²) >= 11 is 0. The molecule has 60 heavy (non-hydrogen) atoms. The van der Waals surface area contributed by atoms with E-state index in [0.717, 1.165) is 50.1 Å². The van der Waals surface area contributed by atoms with Gasteiger partial charge in [0.2, 0.25) is 0 Å². The van der Waals surface area contributed by atoms with Gasteiger partial charge in [-0.25, -0.2) is 0 Å². The van der Waals surface area contributed by atoms with Gasteiger partial charge in [0, 0.05) is 16.8 Å². The van der Waals surface area contributed by atoms with Crippen LogP contribution in [0.4, 0.5) is 17.1 Å². The van der Waals surface area contributed by atoms with E-state index in [-0.39, 0.29) is 0 Å². The summed E-state index contributed by atoms with van der Waals surface area (Å²) in [6.45, 7) is 0. The van der Waals surface area contributed by atoms with Crippen LogP contribution >= 0.6 is 0 Å². The molecule has 0 amide bonds. The molecule has 0 spiro atoms. The lowest BCUT2D eigenvalue weighted by Gasteiger charge is -2.26. The second kappa shape index (κ2) is 15.1. The molecule has 0 fully saturated rings. The van der Waals surface area contributed by atoms with Crippen molar-refractivity contribution < 1.29 is 4.42 Å². The van der Waals surface area contributed by atoms with Crippen LogP contribution in [0.25, 0.3) is 88.3 Å². The molecule has 0 bridgehead atoms. The molecule has 0 aliphatic rings. The van der Waals surface area contributed by atoms with Gasteiger partial charge in [-0.15, -0.1) is 0 Å². The molecular weight excluding hydrogens is 727 g/mol. The Bertz CT molecular complexity index is 3270. The number of rotatable bonds is 8. The summed E-state index contributed by atoms with van der Waals surface area (Å²) in [4.78, 5) is 2.34. The van der Waals surface area contributed by atoms with Crippen LogP contribution in [0, 0.1) is 0 Å². The number of hydrogen-bond acceptors (Lipinski definition) is 2. The van der Waals surface area contributed by atoms with Crippen molar-refractivity contribution in [2.24, 2.45) is 0 Å². The van der Waals surface area contributed by atoms with Gasteiger partial charge in [0.25, 0.3) is 0 Å². The molecule has 1 aromatic heterocycles. The standard InChI is InChI=1S/C58H39NO/c1-6-19-41(20-7-1)54-48-38-35-45(39-50(48)55(42-21-8-2-9-22-42)57(44-25-12-4-13-26-44)56(54)43-23-10-3-11-24-43)40-33-36-47(37-34-40)59(46-27-14-5-15-28-46)51-30-18-32-53-58(51)49-29-16-17-31-52(49)60-53/h1-39H. The van der Waals surface area contributed by atoms with Gasteiger partial charge in [-0.1, -0.05) is 188 Å². The van der Waals surface area contributed by atoms with Gasteiger partial charge in [0.15, 0.2) is 0 Å². The molecule has 0 atom stereocenters. The molecule has 0 radical (unpaired) electrons. The highest BCUT2D eigenvalue weighted by Crippen LogP contribution is 2.51. The van der Waals surface area contributed by atoms with Crippen molar-refractivity contribution in [3.63, 3.8) is 0 Å². The Morgan fingerprint density at radius 2 is 0.717 bits per heavy atom. The van der Waals surface area contributed by atoms with Crippen molar-refractivity contribution in [3.05, 3.63) is 237 Å². The van der Waals surface area contributed by atoms with Crippen LogP contribution in [0.15, 0.2) is 241 Å². The summed E-state index contributed by atoms with van der Waals surface area (Å²) in [7, 11) is 0. The van der Waals surface area contributed by atoms with Crippen LogP contribution < -0.4 is 4.90 Å². The molecule has 282 valence electrons. The second-order valence-electron chi connectivity index (χ2n) is 15.2. The zero-order valence-electron chi connectivity index (χ0n) is 32.9. The molecule has 0 N–H and O–H groups in total. The first-order valence-electron chi connectivity index (χ1n) is 20.5. The lowest BCUT2D eigenvalue weighted by Crippen LogP contribution is -2.10. The van der Waals surface area contributed by atoms with Gasteiger partial charge in [-0.3, -0.25) is 0 Å². The molecule has 0 saturated heterocycles. The first kappa shape index (κ1) is 35.2. The van der Waals surface area contributed by atoms with Crippen LogP contribution in [0.1, 0.15) is 0 Å². The summed E-state index contributed by atoms with van der Waals surface area (Å²) in [6.07, 6.45) is 0. The number of nitrogens with zero attached hydrogens (tertiary/aromatic N) is 1. The van der Waals surface area contributed by atoms with Crippen LogP contribution in [-0.4, -0.2) is 0 Å². The number of furan rings is 1. The van der Waals surface area contributed by atoms with Crippen molar-refractivity contribution in [2.75, 3.05) is 4.90 Å². The Hall–Kier alpha value is -7.94. The topological polar surface area (TPSA) is 16.4 Å². The smallest absolute Gasteiger partial charge is 0.137 e. The van der Waals surface area contributed by atoms with Gasteiger partial charge in [0.1, 0.15) is 11.2 Å². The Balaban J connectivity index is 1.14. The average Bonchev–Trinajstić information content (AvgIpc) is 3.72. The fourth-order valence-corrected chi connectivity index (χ4v) is 9.01. The summed E-state index contributed by atoms with van der Waals surface area (Å²) in [5.41, 5.74) is 17.0. The first-order chi connectivity index (χ1) is 29.8. The summed E-state index contributed by atoms with van der Waals surface area (Å²) < 4.78 is 6.35. The molecule has 0 saturated carbocycles. The highest BCUT2D eigenvalue weighted by atomic mass is 16.3. The first-order valence-corrected chi connectivity index (χ1v) is 20.5. The molecule has 10 aromatic carbocycles. The Kier molecular flexibility index (Phi) is 8.87. The Labute approximate surface area is 349 Å². The fourth-order valence-electron chi connectivity index (χ4n) is 9.01. The summed E-state index contributed by atoms with van der Waals surface area (Å²) in [6, 6.07) is 84.9. The quantitative estimate of drug-likeness (QED) is 0.153. The van der Waals surface area contributed by atoms with Crippen molar-refractivity contribution in [1.29, 1.82) is 0 Å². The van der Waals surface area contributed by atoms with Crippen molar-refractivity contribution in [3.8, 4) is 55.6 Å². The second-order valence-corrected chi connectivity index (χ2v) is 15.2. The summed E-state index contributed by atoms with van der Waals surface area (Å²) in [5.74, 6) is 0. The predicted octanol–water partition coefficient (Wildman–Crippen LogP) is 16.5. The highest BCUT2D eigenvalue weighted by Gasteiger charge is 2.25. The van der Waals surface area contributed by atoms with E-state index in [1.165, 1.54) is 55.3 Å². The van der Waals surface area contributed by atoms with E-state index in [0.29, 0.717) is 0 Å².